The number of rotatable bonds is 5. The lowest BCUT2D eigenvalue weighted by molar-refractivity contribution is 0.0529. The number of hydrogen-bond donors (Lipinski definition) is 2. The molecule has 1 aliphatic carbocycles. The molecule has 7 heteroatoms. The van der Waals surface area contributed by atoms with Gasteiger partial charge in [-0.2, -0.15) is 0 Å². The number of nitrogens with zero attached hydrogens (tertiary/aromatic N) is 3. The van der Waals surface area contributed by atoms with E-state index in [9.17, 15) is 0 Å². The van der Waals surface area contributed by atoms with Crippen LogP contribution in [0.4, 0.5) is 5.82 Å². The molecule has 0 amide bonds. The zero-order valence-corrected chi connectivity index (χ0v) is 18.2. The van der Waals surface area contributed by atoms with Crippen LogP contribution in [0.15, 0.2) is 23.3 Å². The predicted octanol–water partition coefficient (Wildman–Crippen LogP) is 2.92. The van der Waals surface area contributed by atoms with E-state index in [0.29, 0.717) is 12.6 Å². The minimum absolute atomic E-state index is 0. The Labute approximate surface area is 174 Å². The fraction of sp³-hybridized carbons (Fsp3) is 0.684. The molecule has 1 aromatic heterocycles. The van der Waals surface area contributed by atoms with Gasteiger partial charge in [-0.05, 0) is 38.3 Å². The lowest BCUT2D eigenvalue weighted by Gasteiger charge is -2.32. The van der Waals surface area contributed by atoms with Gasteiger partial charge in [0.1, 0.15) is 5.82 Å². The fourth-order valence-electron chi connectivity index (χ4n) is 3.48. The topological polar surface area (TPSA) is 61.8 Å². The number of ether oxygens (including phenoxy) is 1. The molecule has 0 spiro atoms. The quantitative estimate of drug-likeness (QED) is 0.391. The van der Waals surface area contributed by atoms with Crippen molar-refractivity contribution >= 4 is 35.8 Å². The molecule has 2 N–H and O–H groups in total. The molecule has 6 nitrogen and oxygen atoms in total. The number of guanidine groups is 1. The van der Waals surface area contributed by atoms with E-state index >= 15 is 0 Å². The monoisotopic (exact) mass is 473 g/mol. The van der Waals surface area contributed by atoms with Gasteiger partial charge in [-0.15, -0.1) is 24.0 Å². The van der Waals surface area contributed by atoms with Crippen molar-refractivity contribution < 1.29 is 4.74 Å². The Hall–Kier alpha value is -1.09. The van der Waals surface area contributed by atoms with E-state index in [-0.39, 0.29) is 30.1 Å². The third-order valence-corrected chi connectivity index (χ3v) is 4.83. The highest BCUT2D eigenvalue weighted by Crippen LogP contribution is 2.18. The van der Waals surface area contributed by atoms with Gasteiger partial charge >= 0.3 is 0 Å². The van der Waals surface area contributed by atoms with Crippen LogP contribution < -0.4 is 15.5 Å². The second-order valence-corrected chi connectivity index (χ2v) is 6.97. The number of halogens is 1. The number of hydrogen-bond acceptors (Lipinski definition) is 4. The van der Waals surface area contributed by atoms with Crippen LogP contribution in [-0.2, 0) is 11.3 Å². The zero-order valence-electron chi connectivity index (χ0n) is 15.9. The smallest absolute Gasteiger partial charge is 0.191 e. The first-order chi connectivity index (χ1) is 12.2. The van der Waals surface area contributed by atoms with Crippen LogP contribution in [0.2, 0.25) is 0 Å². The maximum absolute atomic E-state index is 5.59. The van der Waals surface area contributed by atoms with E-state index in [1.165, 1.54) is 25.7 Å². The van der Waals surface area contributed by atoms with Gasteiger partial charge < -0.3 is 20.3 Å². The van der Waals surface area contributed by atoms with Gasteiger partial charge in [0.05, 0.1) is 19.3 Å². The summed E-state index contributed by atoms with van der Waals surface area (Å²) in [6.45, 7) is 8.32. The number of anilines is 1. The predicted molar refractivity (Wildman–Crippen MR) is 117 cm³/mol. The normalized spacial score (nSPS) is 21.4. The first-order valence-corrected chi connectivity index (χ1v) is 9.61. The lowest BCUT2D eigenvalue weighted by atomic mass is 10.2. The number of morpholine rings is 1. The van der Waals surface area contributed by atoms with Crippen molar-refractivity contribution in [1.29, 1.82) is 0 Å². The number of nitrogens with one attached hydrogen (secondary N) is 2. The van der Waals surface area contributed by atoms with E-state index in [4.69, 9.17) is 9.73 Å². The lowest BCUT2D eigenvalue weighted by Crippen LogP contribution is -2.42. The number of aromatic nitrogens is 1. The number of aliphatic imine (C=N–C) groups is 1. The highest BCUT2D eigenvalue weighted by molar-refractivity contribution is 14.0. The van der Waals surface area contributed by atoms with Crippen LogP contribution in [0.25, 0.3) is 0 Å². The van der Waals surface area contributed by atoms with Crippen LogP contribution in [0.1, 0.15) is 45.1 Å². The molecule has 1 saturated heterocycles. The Morgan fingerprint density at radius 3 is 2.81 bits per heavy atom. The minimum atomic E-state index is 0. The average Bonchev–Trinajstić information content (AvgIpc) is 3.13. The first-order valence-electron chi connectivity index (χ1n) is 9.61. The molecule has 1 atom stereocenters. The van der Waals surface area contributed by atoms with Gasteiger partial charge in [0, 0.05) is 31.9 Å². The van der Waals surface area contributed by atoms with Crippen LogP contribution >= 0.6 is 24.0 Å². The van der Waals surface area contributed by atoms with Gasteiger partial charge in [0.2, 0.25) is 0 Å². The second-order valence-electron chi connectivity index (χ2n) is 6.97. The van der Waals surface area contributed by atoms with Crippen LogP contribution in [0.3, 0.4) is 0 Å². The van der Waals surface area contributed by atoms with Crippen molar-refractivity contribution in [1.82, 2.24) is 15.6 Å². The van der Waals surface area contributed by atoms with E-state index in [0.717, 1.165) is 43.6 Å². The highest BCUT2D eigenvalue weighted by Gasteiger charge is 2.18. The molecule has 26 heavy (non-hydrogen) atoms. The summed E-state index contributed by atoms with van der Waals surface area (Å²) in [5.41, 5.74) is 1.13. The molecule has 2 heterocycles. The van der Waals surface area contributed by atoms with Crippen molar-refractivity contribution in [2.24, 2.45) is 4.99 Å². The number of pyridine rings is 1. The molecule has 1 unspecified atom stereocenters. The van der Waals surface area contributed by atoms with Crippen molar-refractivity contribution in [3.63, 3.8) is 0 Å². The summed E-state index contributed by atoms with van der Waals surface area (Å²) in [5.74, 6) is 1.94. The Bertz CT molecular complexity index is 560. The second kappa shape index (κ2) is 10.9. The molecule has 0 aromatic carbocycles. The Morgan fingerprint density at radius 2 is 2.15 bits per heavy atom. The highest BCUT2D eigenvalue weighted by atomic mass is 127. The molecular formula is C19H32IN5O. The molecule has 3 rings (SSSR count). The van der Waals surface area contributed by atoms with Gasteiger partial charge in [-0.3, -0.25) is 0 Å². The summed E-state index contributed by atoms with van der Waals surface area (Å²) in [4.78, 5) is 11.6. The van der Waals surface area contributed by atoms with Gasteiger partial charge in [-0.1, -0.05) is 18.9 Å². The molecule has 1 saturated carbocycles. The molecule has 146 valence electrons. The molecule has 0 bridgehead atoms. The van der Waals surface area contributed by atoms with Gasteiger partial charge in [0.15, 0.2) is 5.96 Å². The first kappa shape index (κ1) is 21.2. The molecular weight excluding hydrogens is 441 g/mol. The van der Waals surface area contributed by atoms with Crippen LogP contribution in [0, 0.1) is 0 Å². The summed E-state index contributed by atoms with van der Waals surface area (Å²) in [6.07, 6.45) is 7.35. The van der Waals surface area contributed by atoms with Crippen molar-refractivity contribution in [2.75, 3.05) is 31.1 Å². The van der Waals surface area contributed by atoms with Crippen LogP contribution in [0.5, 0.6) is 0 Å². The summed E-state index contributed by atoms with van der Waals surface area (Å²) < 4.78 is 5.59. The average molecular weight is 473 g/mol. The van der Waals surface area contributed by atoms with Crippen molar-refractivity contribution in [3.8, 4) is 0 Å². The largest absolute Gasteiger partial charge is 0.375 e. The van der Waals surface area contributed by atoms with E-state index in [1.54, 1.807) is 0 Å². The zero-order chi connectivity index (χ0) is 17.5. The standard InChI is InChI=1S/C19H31N5O.HI/c1-3-20-19(23-17-6-4-5-7-17)22-13-16-8-9-18(21-12-16)24-10-11-25-15(2)14-24;/h8-9,12,15,17H,3-7,10-11,13-14H2,1-2H3,(H2,20,22,23);1H. The SMILES string of the molecule is CCNC(=NCc1ccc(N2CCOC(C)C2)nc1)NC1CCCC1.I. The summed E-state index contributed by atoms with van der Waals surface area (Å²) in [7, 11) is 0. The third kappa shape index (κ3) is 6.26. The fourth-order valence-corrected chi connectivity index (χ4v) is 3.48. The molecule has 0 radical (unpaired) electrons. The van der Waals surface area contributed by atoms with Crippen molar-refractivity contribution in [2.45, 2.75) is 58.2 Å². The Kier molecular flexibility index (Phi) is 8.90. The van der Waals surface area contributed by atoms with E-state index in [2.05, 4.69) is 46.5 Å². The van der Waals surface area contributed by atoms with Gasteiger partial charge in [0.25, 0.3) is 0 Å². The minimum Gasteiger partial charge on any atom is -0.375 e. The van der Waals surface area contributed by atoms with Crippen molar-refractivity contribution in [3.05, 3.63) is 23.9 Å². The van der Waals surface area contributed by atoms with Gasteiger partial charge in [-0.25, -0.2) is 9.98 Å². The molecule has 1 aliphatic heterocycles. The third-order valence-electron chi connectivity index (χ3n) is 4.83. The van der Waals surface area contributed by atoms with E-state index < -0.39 is 0 Å². The summed E-state index contributed by atoms with van der Waals surface area (Å²) in [6, 6.07) is 4.80. The maximum Gasteiger partial charge on any atom is 0.191 e. The summed E-state index contributed by atoms with van der Waals surface area (Å²) in [5, 5.41) is 6.90. The van der Waals surface area contributed by atoms with E-state index in [1.807, 2.05) is 6.20 Å². The molecule has 1 aromatic rings. The molecule has 2 aliphatic rings. The Morgan fingerprint density at radius 1 is 1.35 bits per heavy atom. The molecule has 2 fully saturated rings. The Balaban J connectivity index is 0.00000243. The summed E-state index contributed by atoms with van der Waals surface area (Å²) >= 11 is 0. The maximum atomic E-state index is 5.59. The van der Waals surface area contributed by atoms with Crippen LogP contribution in [-0.4, -0.2) is 49.3 Å².